The summed E-state index contributed by atoms with van der Waals surface area (Å²) in [5.41, 5.74) is 9.65. The highest BCUT2D eigenvalue weighted by Gasteiger charge is 2.31. The van der Waals surface area contributed by atoms with Gasteiger partial charge in [-0.2, -0.15) is 5.26 Å². The first-order chi connectivity index (χ1) is 11.1. The Balaban J connectivity index is 2.14. The van der Waals surface area contributed by atoms with E-state index in [4.69, 9.17) is 10.5 Å². The summed E-state index contributed by atoms with van der Waals surface area (Å²) in [6.45, 7) is 0. The van der Waals surface area contributed by atoms with E-state index in [1.54, 1.807) is 0 Å². The van der Waals surface area contributed by atoms with Crippen LogP contribution in [0.1, 0.15) is 17.9 Å². The Kier molecular flexibility index (Phi) is 3.94. The fourth-order valence-corrected chi connectivity index (χ4v) is 2.91. The molecule has 23 heavy (non-hydrogen) atoms. The maximum atomic E-state index is 9.56. The molecule has 2 aliphatic rings. The van der Waals surface area contributed by atoms with Crippen LogP contribution in [-0.4, -0.2) is 14.1 Å². The van der Waals surface area contributed by atoms with E-state index in [1.807, 2.05) is 55.4 Å². The first kappa shape index (κ1) is 15.0. The molecule has 1 aromatic carbocycles. The van der Waals surface area contributed by atoms with E-state index in [2.05, 4.69) is 18.2 Å². The number of hydrogen-bond donors (Lipinski definition) is 1. The molecule has 4 heteroatoms. The lowest BCUT2D eigenvalue weighted by atomic mass is 9.81. The van der Waals surface area contributed by atoms with Gasteiger partial charge in [-0.05, 0) is 12.5 Å². The zero-order valence-electron chi connectivity index (χ0n) is 13.3. The number of nitrogens with two attached hydrogens (primary N) is 1. The van der Waals surface area contributed by atoms with Gasteiger partial charge < -0.3 is 15.4 Å². The summed E-state index contributed by atoms with van der Waals surface area (Å²) in [7, 11) is 3.96. The summed E-state index contributed by atoms with van der Waals surface area (Å²) < 4.78 is 5.72. The van der Waals surface area contributed by atoms with Crippen molar-refractivity contribution in [2.24, 2.45) is 5.73 Å². The summed E-state index contributed by atoms with van der Waals surface area (Å²) in [5.74, 6) is 0.752. The largest absolute Gasteiger partial charge is 0.440 e. The number of nitrogens with zero attached hydrogens (tertiary/aromatic N) is 2. The van der Waals surface area contributed by atoms with Crippen LogP contribution in [-0.2, 0) is 0 Å². The van der Waals surface area contributed by atoms with Gasteiger partial charge in [-0.1, -0.05) is 42.0 Å². The molecule has 1 atom stereocenters. The molecular formula is C19H19N3O. The summed E-state index contributed by atoms with van der Waals surface area (Å²) >= 11 is 0. The highest BCUT2D eigenvalue weighted by molar-refractivity contribution is 5.61. The number of allylic oxidation sites excluding steroid dienone is 7. The zero-order valence-corrected chi connectivity index (χ0v) is 13.3. The number of benzene rings is 1. The van der Waals surface area contributed by atoms with Crippen LogP contribution in [0.3, 0.4) is 0 Å². The minimum absolute atomic E-state index is 0.160. The molecule has 1 aliphatic heterocycles. The van der Waals surface area contributed by atoms with E-state index in [0.717, 1.165) is 29.0 Å². The molecule has 1 aliphatic carbocycles. The Bertz CT molecular complexity index is 791. The number of fused-ring (bicyclic) bond motifs is 1. The number of hydrogen-bond acceptors (Lipinski definition) is 4. The SMILES string of the molecule is CN(C)c1ccc2c(c1)OC(N)=C(C#N)C2C1=CC=CC=CC1. The predicted molar refractivity (Wildman–Crippen MR) is 91.9 cm³/mol. The average Bonchev–Trinajstić information content (AvgIpc) is 2.81. The molecule has 116 valence electrons. The summed E-state index contributed by atoms with van der Waals surface area (Å²) in [4.78, 5) is 2.01. The third-order valence-corrected chi connectivity index (χ3v) is 4.11. The van der Waals surface area contributed by atoms with Crippen LogP contribution in [0.25, 0.3) is 0 Å². The van der Waals surface area contributed by atoms with Gasteiger partial charge in [-0.15, -0.1) is 0 Å². The van der Waals surface area contributed by atoms with Crippen molar-refractivity contribution in [3.63, 3.8) is 0 Å². The number of rotatable bonds is 2. The van der Waals surface area contributed by atoms with E-state index in [0.29, 0.717) is 5.57 Å². The van der Waals surface area contributed by atoms with Crippen molar-refractivity contribution < 1.29 is 4.74 Å². The lowest BCUT2D eigenvalue weighted by Crippen LogP contribution is -2.22. The summed E-state index contributed by atoms with van der Waals surface area (Å²) in [5, 5.41) is 9.56. The van der Waals surface area contributed by atoms with Gasteiger partial charge in [0.1, 0.15) is 17.4 Å². The van der Waals surface area contributed by atoms with Crippen LogP contribution in [0.5, 0.6) is 5.75 Å². The van der Waals surface area contributed by atoms with Crippen molar-refractivity contribution >= 4 is 5.69 Å². The van der Waals surface area contributed by atoms with Gasteiger partial charge in [0.25, 0.3) is 0 Å². The van der Waals surface area contributed by atoms with E-state index in [-0.39, 0.29) is 11.8 Å². The van der Waals surface area contributed by atoms with Crippen LogP contribution in [0.2, 0.25) is 0 Å². The summed E-state index contributed by atoms with van der Waals surface area (Å²) in [6, 6.07) is 8.26. The van der Waals surface area contributed by atoms with Crippen molar-refractivity contribution in [1.29, 1.82) is 5.26 Å². The van der Waals surface area contributed by atoms with Crippen LogP contribution in [0, 0.1) is 11.3 Å². The molecule has 3 rings (SSSR count). The Morgan fingerprint density at radius 3 is 2.83 bits per heavy atom. The lowest BCUT2D eigenvalue weighted by molar-refractivity contribution is 0.393. The lowest BCUT2D eigenvalue weighted by Gasteiger charge is -2.28. The minimum atomic E-state index is -0.160. The van der Waals surface area contributed by atoms with Gasteiger partial charge >= 0.3 is 0 Å². The molecule has 1 heterocycles. The van der Waals surface area contributed by atoms with E-state index in [1.165, 1.54) is 0 Å². The highest BCUT2D eigenvalue weighted by Crippen LogP contribution is 2.44. The molecule has 0 radical (unpaired) electrons. The van der Waals surface area contributed by atoms with Crippen molar-refractivity contribution in [2.75, 3.05) is 19.0 Å². The topological polar surface area (TPSA) is 62.3 Å². The Morgan fingerprint density at radius 1 is 1.26 bits per heavy atom. The van der Waals surface area contributed by atoms with E-state index < -0.39 is 0 Å². The maximum absolute atomic E-state index is 9.56. The van der Waals surface area contributed by atoms with Gasteiger partial charge in [-0.3, -0.25) is 0 Å². The molecule has 1 unspecified atom stereocenters. The second-order valence-electron chi connectivity index (χ2n) is 5.80. The number of nitriles is 1. The minimum Gasteiger partial charge on any atom is -0.440 e. The normalized spacial score (nSPS) is 19.3. The summed E-state index contributed by atoms with van der Waals surface area (Å²) in [6.07, 6.45) is 10.9. The highest BCUT2D eigenvalue weighted by atomic mass is 16.5. The fraction of sp³-hybridized carbons (Fsp3) is 0.211. The molecule has 0 saturated carbocycles. The third-order valence-electron chi connectivity index (χ3n) is 4.11. The second kappa shape index (κ2) is 6.05. The van der Waals surface area contributed by atoms with Crippen LogP contribution >= 0.6 is 0 Å². The van der Waals surface area contributed by atoms with E-state index >= 15 is 0 Å². The van der Waals surface area contributed by atoms with Gasteiger partial charge in [0.2, 0.25) is 5.88 Å². The Morgan fingerprint density at radius 2 is 2.09 bits per heavy atom. The number of ether oxygens (including phenoxy) is 1. The van der Waals surface area contributed by atoms with Crippen LogP contribution in [0.15, 0.2) is 65.6 Å². The van der Waals surface area contributed by atoms with Crippen molar-refractivity contribution in [1.82, 2.24) is 0 Å². The van der Waals surface area contributed by atoms with Crippen LogP contribution in [0.4, 0.5) is 5.69 Å². The quantitative estimate of drug-likeness (QED) is 0.910. The second-order valence-corrected chi connectivity index (χ2v) is 5.80. The van der Waals surface area contributed by atoms with Gasteiger partial charge in [0, 0.05) is 37.3 Å². The van der Waals surface area contributed by atoms with Gasteiger partial charge in [-0.25, -0.2) is 0 Å². The molecule has 0 fully saturated rings. The monoisotopic (exact) mass is 305 g/mol. The van der Waals surface area contributed by atoms with Crippen molar-refractivity contribution in [3.8, 4) is 11.8 Å². The van der Waals surface area contributed by atoms with Crippen LogP contribution < -0.4 is 15.4 Å². The Hall–Kier alpha value is -2.93. The first-order valence-electron chi connectivity index (χ1n) is 7.53. The predicted octanol–water partition coefficient (Wildman–Crippen LogP) is 3.36. The molecule has 0 bridgehead atoms. The standard InChI is InChI=1S/C19H19N3O/c1-22(2)14-9-10-15-17(11-14)23-19(21)16(12-20)18(15)13-7-5-3-4-6-8-13/h3-7,9-11,18H,8,21H2,1-2H3. The Labute approximate surface area is 136 Å². The molecule has 1 aromatic rings. The number of anilines is 1. The van der Waals surface area contributed by atoms with Gasteiger partial charge in [0.05, 0.1) is 0 Å². The molecule has 2 N–H and O–H groups in total. The molecule has 0 amide bonds. The van der Waals surface area contributed by atoms with Crippen molar-refractivity contribution in [2.45, 2.75) is 12.3 Å². The molecule has 0 aromatic heterocycles. The van der Waals surface area contributed by atoms with Gasteiger partial charge in [0.15, 0.2) is 0 Å². The fourth-order valence-electron chi connectivity index (χ4n) is 2.91. The van der Waals surface area contributed by atoms with E-state index in [9.17, 15) is 5.26 Å². The average molecular weight is 305 g/mol. The smallest absolute Gasteiger partial charge is 0.205 e. The molecule has 4 nitrogen and oxygen atoms in total. The molecular weight excluding hydrogens is 286 g/mol. The van der Waals surface area contributed by atoms with Crippen molar-refractivity contribution in [3.05, 3.63) is 71.2 Å². The zero-order chi connectivity index (χ0) is 16.4. The molecule has 0 saturated heterocycles. The first-order valence-corrected chi connectivity index (χ1v) is 7.53. The third kappa shape index (κ3) is 2.74. The molecule has 0 spiro atoms. The maximum Gasteiger partial charge on any atom is 0.205 e.